The van der Waals surface area contributed by atoms with E-state index >= 15 is 0 Å². The molecule has 1 fully saturated rings. The number of benzene rings is 1. The summed E-state index contributed by atoms with van der Waals surface area (Å²) in [5, 5.41) is 9.04. The number of oxazole rings is 1. The first-order chi connectivity index (χ1) is 11.7. The van der Waals surface area contributed by atoms with Gasteiger partial charge in [-0.05, 0) is 18.6 Å². The Labute approximate surface area is 139 Å². The number of carboxylic acids is 1. The van der Waals surface area contributed by atoms with Crippen molar-refractivity contribution in [2.75, 3.05) is 13.1 Å². The van der Waals surface area contributed by atoms with Crippen LogP contribution in [0.25, 0.3) is 11.3 Å². The average Bonchev–Trinajstić information content (AvgIpc) is 3.24. The molecule has 1 aliphatic heterocycles. The van der Waals surface area contributed by atoms with E-state index < -0.39 is 36.4 Å². The van der Waals surface area contributed by atoms with Crippen molar-refractivity contribution in [2.45, 2.75) is 12.6 Å². The second-order valence-corrected chi connectivity index (χ2v) is 5.80. The normalized spacial score (nSPS) is 20.7. The Morgan fingerprint density at radius 3 is 2.40 bits per heavy atom. The number of alkyl halides is 3. The van der Waals surface area contributed by atoms with E-state index in [1.165, 1.54) is 24.7 Å². The van der Waals surface area contributed by atoms with Gasteiger partial charge in [-0.1, -0.05) is 12.1 Å². The van der Waals surface area contributed by atoms with Gasteiger partial charge in [0, 0.05) is 24.2 Å². The van der Waals surface area contributed by atoms with Crippen LogP contribution in [0.3, 0.4) is 0 Å². The van der Waals surface area contributed by atoms with E-state index in [-0.39, 0.29) is 12.1 Å². The van der Waals surface area contributed by atoms with Crippen molar-refractivity contribution in [1.82, 2.24) is 9.88 Å². The highest BCUT2D eigenvalue weighted by Crippen LogP contribution is 2.46. The molecule has 0 saturated carbocycles. The number of carbonyl (C=O) groups excluding carboxylic acids is 1. The predicted molar refractivity (Wildman–Crippen MR) is 78.6 cm³/mol. The van der Waals surface area contributed by atoms with Gasteiger partial charge in [-0.25, -0.2) is 4.98 Å². The third kappa shape index (κ3) is 2.86. The maximum Gasteiger partial charge on any atom is 0.406 e. The fourth-order valence-corrected chi connectivity index (χ4v) is 2.83. The summed E-state index contributed by atoms with van der Waals surface area (Å²) in [5.41, 5.74) is -2.08. The highest BCUT2D eigenvalue weighted by molar-refractivity contribution is 5.95. The average molecular weight is 354 g/mol. The van der Waals surface area contributed by atoms with E-state index in [9.17, 15) is 22.8 Å². The van der Waals surface area contributed by atoms with Crippen LogP contribution in [-0.4, -0.2) is 46.1 Å². The summed E-state index contributed by atoms with van der Waals surface area (Å²) in [6.45, 7) is -1.16. The second-order valence-electron chi connectivity index (χ2n) is 5.80. The number of carboxylic acid groups (broad SMARTS) is 1. The zero-order chi connectivity index (χ0) is 18.2. The number of hydrogen-bond acceptors (Lipinski definition) is 4. The Kier molecular flexibility index (Phi) is 4.02. The van der Waals surface area contributed by atoms with Crippen LogP contribution in [0.4, 0.5) is 13.2 Å². The van der Waals surface area contributed by atoms with Gasteiger partial charge in [0.05, 0.1) is 6.20 Å². The maximum atomic E-state index is 13.2. The van der Waals surface area contributed by atoms with Crippen molar-refractivity contribution < 1.29 is 32.3 Å². The van der Waals surface area contributed by atoms with Gasteiger partial charge in [0.2, 0.25) is 0 Å². The Hall–Kier alpha value is -2.84. The lowest BCUT2D eigenvalue weighted by Crippen LogP contribution is -2.47. The third-order valence-electron chi connectivity index (χ3n) is 4.36. The lowest BCUT2D eigenvalue weighted by molar-refractivity contribution is -0.227. The smallest absolute Gasteiger partial charge is 0.406 e. The molecule has 9 heteroatoms. The summed E-state index contributed by atoms with van der Waals surface area (Å²) in [7, 11) is 0. The molecule has 0 radical (unpaired) electrons. The molecule has 0 aliphatic carbocycles. The van der Waals surface area contributed by atoms with Crippen molar-refractivity contribution in [3.8, 4) is 11.3 Å². The first-order valence-electron chi connectivity index (χ1n) is 7.33. The maximum absolute atomic E-state index is 13.2. The largest absolute Gasteiger partial charge is 0.481 e. The van der Waals surface area contributed by atoms with E-state index in [2.05, 4.69) is 4.98 Å². The molecule has 25 heavy (non-hydrogen) atoms. The van der Waals surface area contributed by atoms with Gasteiger partial charge in [0.1, 0.15) is 0 Å². The van der Waals surface area contributed by atoms with Crippen LogP contribution in [0.2, 0.25) is 0 Å². The summed E-state index contributed by atoms with van der Waals surface area (Å²) in [5.74, 6) is -2.12. The number of amides is 1. The number of nitrogens with zero attached hydrogens (tertiary/aromatic N) is 2. The summed E-state index contributed by atoms with van der Waals surface area (Å²) >= 11 is 0. The predicted octanol–water partition coefficient (Wildman–Crippen LogP) is 2.82. The molecule has 2 aromatic rings. The number of carbonyl (C=O) groups is 2. The summed E-state index contributed by atoms with van der Waals surface area (Å²) in [6, 6.07) is 6.07. The number of aromatic nitrogens is 1. The van der Waals surface area contributed by atoms with E-state index in [1.54, 1.807) is 12.1 Å². The molecule has 1 aliphatic rings. The molecule has 1 amide bonds. The molecule has 1 unspecified atom stereocenters. The van der Waals surface area contributed by atoms with Crippen LogP contribution in [0.5, 0.6) is 0 Å². The van der Waals surface area contributed by atoms with E-state index in [0.717, 1.165) is 4.90 Å². The Balaban J connectivity index is 1.79. The topological polar surface area (TPSA) is 83.6 Å². The molecule has 1 N–H and O–H groups in total. The molecular formula is C16H13F3N2O4. The van der Waals surface area contributed by atoms with Crippen molar-refractivity contribution in [3.63, 3.8) is 0 Å². The molecule has 0 spiro atoms. The highest BCUT2D eigenvalue weighted by Gasteiger charge is 2.64. The molecule has 1 saturated heterocycles. The number of halogens is 3. The molecule has 1 aromatic heterocycles. The molecule has 1 atom stereocenters. The second kappa shape index (κ2) is 5.91. The number of aliphatic carboxylic acids is 1. The van der Waals surface area contributed by atoms with Crippen molar-refractivity contribution >= 4 is 11.9 Å². The number of hydrogen-bond donors (Lipinski definition) is 1. The van der Waals surface area contributed by atoms with E-state index in [1.807, 2.05) is 0 Å². The fraction of sp³-hybridized carbons (Fsp3) is 0.312. The zero-order valence-corrected chi connectivity index (χ0v) is 12.8. The Morgan fingerprint density at radius 1 is 1.24 bits per heavy atom. The quantitative estimate of drug-likeness (QED) is 0.916. The molecule has 3 rings (SSSR count). The minimum Gasteiger partial charge on any atom is -0.481 e. The zero-order valence-electron chi connectivity index (χ0n) is 12.8. The summed E-state index contributed by atoms with van der Waals surface area (Å²) < 4.78 is 44.7. The van der Waals surface area contributed by atoms with Crippen molar-refractivity contribution in [1.29, 1.82) is 0 Å². The van der Waals surface area contributed by atoms with Crippen LogP contribution in [-0.2, 0) is 4.79 Å². The molecule has 1 aromatic carbocycles. The minimum atomic E-state index is -4.93. The van der Waals surface area contributed by atoms with Crippen LogP contribution < -0.4 is 0 Å². The number of rotatable bonds is 3. The first-order valence-corrected chi connectivity index (χ1v) is 7.33. The van der Waals surface area contributed by atoms with Crippen molar-refractivity contribution in [3.05, 3.63) is 42.4 Å². The van der Waals surface area contributed by atoms with Crippen molar-refractivity contribution in [2.24, 2.45) is 5.41 Å². The van der Waals surface area contributed by atoms with Gasteiger partial charge in [0.25, 0.3) is 5.91 Å². The van der Waals surface area contributed by atoms with Crippen LogP contribution in [0.15, 0.2) is 41.3 Å². The van der Waals surface area contributed by atoms with Gasteiger partial charge < -0.3 is 14.4 Å². The molecule has 132 valence electrons. The first kappa shape index (κ1) is 17.0. The van der Waals surface area contributed by atoms with Gasteiger partial charge in [0.15, 0.2) is 17.6 Å². The molecule has 6 nitrogen and oxygen atoms in total. The third-order valence-corrected chi connectivity index (χ3v) is 4.36. The monoisotopic (exact) mass is 354 g/mol. The van der Waals surface area contributed by atoms with Gasteiger partial charge in [-0.3, -0.25) is 9.59 Å². The SMILES string of the molecule is O=C(c1ccc(-c2cnco2)cc1)N1CCC(C(=O)O)(C(F)(F)F)C1. The van der Waals surface area contributed by atoms with Gasteiger partial charge >= 0.3 is 12.1 Å². The molecule has 0 bridgehead atoms. The van der Waals surface area contributed by atoms with E-state index in [4.69, 9.17) is 9.52 Å². The highest BCUT2D eigenvalue weighted by atomic mass is 19.4. The lowest BCUT2D eigenvalue weighted by atomic mass is 9.86. The Morgan fingerprint density at radius 2 is 1.92 bits per heavy atom. The summed E-state index contributed by atoms with van der Waals surface area (Å²) in [6.07, 6.45) is -2.85. The van der Waals surface area contributed by atoms with Crippen LogP contribution >= 0.6 is 0 Å². The van der Waals surface area contributed by atoms with Gasteiger partial charge in [-0.2, -0.15) is 13.2 Å². The fourth-order valence-electron chi connectivity index (χ4n) is 2.83. The standard InChI is InChI=1S/C16H13F3N2O4/c17-16(18,19)15(14(23)24)5-6-21(8-15)13(22)11-3-1-10(2-4-11)12-7-20-9-25-12/h1-4,7,9H,5-6,8H2,(H,23,24). The van der Waals surface area contributed by atoms with Gasteiger partial charge in [-0.15, -0.1) is 0 Å². The molecular weight excluding hydrogens is 341 g/mol. The van der Waals surface area contributed by atoms with Crippen LogP contribution in [0.1, 0.15) is 16.8 Å². The number of likely N-dealkylation sites (tertiary alicyclic amines) is 1. The molecule has 2 heterocycles. The summed E-state index contributed by atoms with van der Waals surface area (Å²) in [4.78, 5) is 28.3. The van der Waals surface area contributed by atoms with Crippen LogP contribution in [0, 0.1) is 5.41 Å². The minimum absolute atomic E-state index is 0.173. The Bertz CT molecular complexity index is 787. The lowest BCUT2D eigenvalue weighted by Gasteiger charge is -2.27. The van der Waals surface area contributed by atoms with E-state index in [0.29, 0.717) is 11.3 Å².